The van der Waals surface area contributed by atoms with Gasteiger partial charge in [0.1, 0.15) is 0 Å². The number of hydrogen-bond acceptors (Lipinski definition) is 3. The Balaban J connectivity index is 1.55. The largest absolute Gasteiger partial charge is 0.347 e. The van der Waals surface area contributed by atoms with Crippen LogP contribution in [0.2, 0.25) is 0 Å². The molecule has 1 aromatic heterocycles. The first-order chi connectivity index (χ1) is 11.5. The lowest BCUT2D eigenvalue weighted by Crippen LogP contribution is -2.44. The van der Waals surface area contributed by atoms with Crippen LogP contribution in [0.1, 0.15) is 32.3 Å². The van der Waals surface area contributed by atoms with Crippen LogP contribution in [0, 0.1) is 17.8 Å². The van der Waals surface area contributed by atoms with Crippen molar-refractivity contribution in [3.8, 4) is 0 Å². The van der Waals surface area contributed by atoms with Crippen molar-refractivity contribution in [2.24, 2.45) is 17.8 Å². The van der Waals surface area contributed by atoms with Crippen LogP contribution in [0.4, 0.5) is 0 Å². The van der Waals surface area contributed by atoms with Gasteiger partial charge in [0.2, 0.25) is 5.91 Å². The van der Waals surface area contributed by atoms with Crippen molar-refractivity contribution >= 4 is 16.8 Å². The zero-order chi connectivity index (χ0) is 16.7. The molecule has 2 fully saturated rings. The lowest BCUT2D eigenvalue weighted by molar-refractivity contribution is -0.126. The van der Waals surface area contributed by atoms with Gasteiger partial charge in [-0.1, -0.05) is 18.2 Å². The molecule has 1 saturated carbocycles. The molecule has 3 atom stereocenters. The Bertz CT molecular complexity index is 753. The second kappa shape index (κ2) is 5.85. The maximum absolute atomic E-state index is 12.9. The minimum atomic E-state index is -0.407. The summed E-state index contributed by atoms with van der Waals surface area (Å²) >= 11 is 0. The fraction of sp³-hybridized carbons (Fsp3) is 0.500. The fourth-order valence-corrected chi connectivity index (χ4v) is 4.50. The molecule has 2 aromatic rings. The highest BCUT2D eigenvalue weighted by molar-refractivity contribution is 5.85. The van der Waals surface area contributed by atoms with E-state index in [2.05, 4.69) is 35.5 Å². The van der Waals surface area contributed by atoms with E-state index in [-0.39, 0.29) is 11.8 Å². The van der Waals surface area contributed by atoms with E-state index >= 15 is 0 Å². The standard InChI is InChI=1S/C20H25N3O/c1-20(2,17-7-8-22-18-6-4-3-5-16(17)18)23-19(24)13-9-14-11-21-12-15(14)10-13/h3-8,13-15,21H,9-12H2,1-2H3,(H,23,24)/t13?,14-,15?/m0/s1. The van der Waals surface area contributed by atoms with Gasteiger partial charge in [0.15, 0.2) is 0 Å². The van der Waals surface area contributed by atoms with Crippen molar-refractivity contribution in [1.82, 2.24) is 15.6 Å². The van der Waals surface area contributed by atoms with Crippen molar-refractivity contribution in [2.45, 2.75) is 32.2 Å². The Hall–Kier alpha value is -1.94. The van der Waals surface area contributed by atoms with Gasteiger partial charge in [0.25, 0.3) is 0 Å². The van der Waals surface area contributed by atoms with Crippen molar-refractivity contribution in [3.05, 3.63) is 42.1 Å². The predicted molar refractivity (Wildman–Crippen MR) is 95.5 cm³/mol. The van der Waals surface area contributed by atoms with Crippen molar-refractivity contribution < 1.29 is 4.79 Å². The summed E-state index contributed by atoms with van der Waals surface area (Å²) in [6, 6.07) is 10.1. The second-order valence-electron chi connectivity index (χ2n) is 7.84. The van der Waals surface area contributed by atoms with E-state index < -0.39 is 5.54 Å². The molecule has 1 aromatic carbocycles. The lowest BCUT2D eigenvalue weighted by Gasteiger charge is -2.29. The first kappa shape index (κ1) is 15.6. The zero-order valence-electron chi connectivity index (χ0n) is 14.4. The Morgan fingerprint density at radius 3 is 2.62 bits per heavy atom. The Kier molecular flexibility index (Phi) is 3.80. The summed E-state index contributed by atoms with van der Waals surface area (Å²) in [5, 5.41) is 7.86. The summed E-state index contributed by atoms with van der Waals surface area (Å²) in [7, 11) is 0. The molecule has 0 bridgehead atoms. The highest BCUT2D eigenvalue weighted by atomic mass is 16.2. The van der Waals surface area contributed by atoms with E-state index in [1.165, 1.54) is 0 Å². The van der Waals surface area contributed by atoms with Crippen LogP contribution in [0.5, 0.6) is 0 Å². The van der Waals surface area contributed by atoms with Crippen LogP contribution in [0.3, 0.4) is 0 Å². The van der Waals surface area contributed by atoms with Gasteiger partial charge >= 0.3 is 0 Å². The smallest absolute Gasteiger partial charge is 0.223 e. The molecule has 2 aliphatic rings. The number of hydrogen-bond donors (Lipinski definition) is 2. The van der Waals surface area contributed by atoms with E-state index in [0.29, 0.717) is 11.8 Å². The number of rotatable bonds is 3. The summed E-state index contributed by atoms with van der Waals surface area (Å²) in [5.74, 6) is 1.74. The number of fused-ring (bicyclic) bond motifs is 2. The molecule has 4 nitrogen and oxygen atoms in total. The topological polar surface area (TPSA) is 54.0 Å². The zero-order valence-corrected chi connectivity index (χ0v) is 14.4. The van der Waals surface area contributed by atoms with Crippen LogP contribution in [-0.2, 0) is 10.3 Å². The number of aromatic nitrogens is 1. The number of carbonyl (C=O) groups excluding carboxylic acids is 1. The highest BCUT2D eigenvalue weighted by Gasteiger charge is 2.41. The minimum absolute atomic E-state index is 0.162. The lowest BCUT2D eigenvalue weighted by atomic mass is 9.90. The molecule has 126 valence electrons. The van der Waals surface area contributed by atoms with Gasteiger partial charge in [-0.2, -0.15) is 0 Å². The van der Waals surface area contributed by atoms with E-state index in [0.717, 1.165) is 42.4 Å². The average Bonchev–Trinajstić information content (AvgIpc) is 3.15. The monoisotopic (exact) mass is 323 g/mol. The van der Waals surface area contributed by atoms with Gasteiger partial charge in [-0.3, -0.25) is 9.78 Å². The Labute approximate surface area is 143 Å². The van der Waals surface area contributed by atoms with Crippen molar-refractivity contribution in [1.29, 1.82) is 0 Å². The van der Waals surface area contributed by atoms with E-state index in [4.69, 9.17) is 0 Å². The van der Waals surface area contributed by atoms with Crippen LogP contribution in [-0.4, -0.2) is 24.0 Å². The summed E-state index contributed by atoms with van der Waals surface area (Å²) < 4.78 is 0. The molecule has 0 radical (unpaired) electrons. The Morgan fingerprint density at radius 1 is 1.17 bits per heavy atom. The molecule has 0 spiro atoms. The van der Waals surface area contributed by atoms with E-state index in [1.54, 1.807) is 0 Å². The third-order valence-electron chi connectivity index (χ3n) is 5.78. The summed E-state index contributed by atoms with van der Waals surface area (Å²) in [4.78, 5) is 17.3. The molecule has 24 heavy (non-hydrogen) atoms. The maximum Gasteiger partial charge on any atom is 0.223 e. The number of nitrogens with zero attached hydrogens (tertiary/aromatic N) is 1. The first-order valence-electron chi connectivity index (χ1n) is 8.91. The number of carbonyl (C=O) groups is 1. The normalized spacial score (nSPS) is 26.5. The summed E-state index contributed by atoms with van der Waals surface area (Å²) in [6.45, 7) is 6.33. The van der Waals surface area contributed by atoms with Gasteiger partial charge in [-0.25, -0.2) is 0 Å². The highest BCUT2D eigenvalue weighted by Crippen LogP contribution is 2.39. The van der Waals surface area contributed by atoms with Gasteiger partial charge in [-0.15, -0.1) is 0 Å². The molecule has 2 unspecified atom stereocenters. The summed E-state index contributed by atoms with van der Waals surface area (Å²) in [5.41, 5.74) is 1.69. The van der Waals surface area contributed by atoms with Crippen LogP contribution < -0.4 is 10.6 Å². The molecule has 4 heteroatoms. The van der Waals surface area contributed by atoms with E-state index in [1.807, 2.05) is 30.5 Å². The van der Waals surface area contributed by atoms with E-state index in [9.17, 15) is 4.79 Å². The minimum Gasteiger partial charge on any atom is -0.347 e. The van der Waals surface area contributed by atoms with Crippen LogP contribution in [0.15, 0.2) is 36.5 Å². The third kappa shape index (κ3) is 2.69. The fourth-order valence-electron chi connectivity index (χ4n) is 4.50. The number of benzene rings is 1. The molecular weight excluding hydrogens is 298 g/mol. The predicted octanol–water partition coefficient (Wildman–Crippen LogP) is 2.83. The van der Waals surface area contributed by atoms with Gasteiger partial charge < -0.3 is 10.6 Å². The maximum atomic E-state index is 12.9. The van der Waals surface area contributed by atoms with Gasteiger partial charge in [0.05, 0.1) is 11.1 Å². The molecular formula is C20H25N3O. The Morgan fingerprint density at radius 2 is 1.88 bits per heavy atom. The number of nitrogens with one attached hydrogen (secondary N) is 2. The van der Waals surface area contributed by atoms with Gasteiger partial charge in [-0.05, 0) is 69.3 Å². The van der Waals surface area contributed by atoms with Gasteiger partial charge in [0, 0.05) is 17.5 Å². The number of pyridine rings is 1. The first-order valence-corrected chi connectivity index (χ1v) is 8.91. The molecule has 1 amide bonds. The third-order valence-corrected chi connectivity index (χ3v) is 5.78. The molecule has 2 heterocycles. The summed E-state index contributed by atoms with van der Waals surface area (Å²) in [6.07, 6.45) is 3.88. The molecule has 1 saturated heterocycles. The number of amides is 1. The molecule has 4 rings (SSSR count). The SMILES string of the molecule is CC(C)(NC(=O)C1CC2CNC[C@@H]2C1)c1ccnc2ccccc12. The quantitative estimate of drug-likeness (QED) is 0.913. The second-order valence-corrected chi connectivity index (χ2v) is 7.84. The van der Waals surface area contributed by atoms with Crippen molar-refractivity contribution in [2.75, 3.05) is 13.1 Å². The molecule has 1 aliphatic heterocycles. The molecule has 1 aliphatic carbocycles. The van der Waals surface area contributed by atoms with Crippen LogP contribution in [0.25, 0.3) is 10.9 Å². The number of para-hydroxylation sites is 1. The molecule has 2 N–H and O–H groups in total. The van der Waals surface area contributed by atoms with Crippen LogP contribution >= 0.6 is 0 Å². The van der Waals surface area contributed by atoms with Crippen molar-refractivity contribution in [3.63, 3.8) is 0 Å². The average molecular weight is 323 g/mol.